The summed E-state index contributed by atoms with van der Waals surface area (Å²) in [6, 6.07) is 9.27. The number of anilines is 1. The number of hydrogen-bond acceptors (Lipinski definition) is 5. The van der Waals surface area contributed by atoms with Crippen molar-refractivity contribution < 1.29 is 36.5 Å². The number of piperazine rings is 1. The van der Waals surface area contributed by atoms with Crippen molar-refractivity contribution in [1.29, 1.82) is 0 Å². The number of thioether (sulfide) groups is 1. The maximum atomic E-state index is 15.1. The fraction of sp³-hybridized carbons (Fsp3) is 0.472. The Bertz CT molecular complexity index is 1640. The zero-order chi connectivity index (χ0) is 36.3. The Morgan fingerprint density at radius 3 is 2.20 bits per heavy atom. The van der Waals surface area contributed by atoms with Gasteiger partial charge in [-0.05, 0) is 69.8 Å². The van der Waals surface area contributed by atoms with Gasteiger partial charge in [-0.1, -0.05) is 32.0 Å². The second kappa shape index (κ2) is 15.5. The highest BCUT2D eigenvalue weighted by molar-refractivity contribution is 7.99. The lowest BCUT2D eigenvalue weighted by molar-refractivity contribution is -0.552. The molecule has 2 amide bonds. The molecule has 2 aromatic carbocycles. The molecule has 3 atom stereocenters. The van der Waals surface area contributed by atoms with E-state index in [0.29, 0.717) is 41.7 Å². The molecule has 0 spiro atoms. The number of rotatable bonds is 4. The van der Waals surface area contributed by atoms with E-state index in [0.717, 1.165) is 23.1 Å². The zero-order valence-corrected chi connectivity index (χ0v) is 30.8. The normalized spacial score (nSPS) is 19.7. The lowest BCUT2D eigenvalue weighted by Gasteiger charge is -2.40. The summed E-state index contributed by atoms with van der Waals surface area (Å²) in [6.07, 6.45) is -4.55. The minimum absolute atomic E-state index is 0.0909. The standard InChI is InChI=1S/C34H38F4N4O3S2.C2H6/c1-20-15-40(16-21(2)42(20)32(44)45-33(3,4)5)31(39-6)25-14-26(34(36,37)38)28(22-9-11-24(35)12-10-22)30-29(25)41(19-43)17-23(18-47-30)27-8-7-13-46-27;1-2/h7-14,19-21,23H,15-18H2,1-6H3;1-2H3/p+1. The van der Waals surface area contributed by atoms with Crippen molar-refractivity contribution in [2.45, 2.75) is 83.1 Å². The maximum Gasteiger partial charge on any atom is 0.417 e. The van der Waals surface area contributed by atoms with Gasteiger partial charge in [-0.2, -0.15) is 13.2 Å². The Hall–Kier alpha value is -3.58. The molecule has 7 nitrogen and oxygen atoms in total. The van der Waals surface area contributed by atoms with Crippen molar-refractivity contribution in [2.24, 2.45) is 0 Å². The summed E-state index contributed by atoms with van der Waals surface area (Å²) in [5, 5.41) is 5.09. The summed E-state index contributed by atoms with van der Waals surface area (Å²) in [7, 11) is 1.64. The second-order valence-corrected chi connectivity index (χ2v) is 14.9. The molecule has 0 bridgehead atoms. The minimum atomic E-state index is -4.77. The molecule has 2 aliphatic heterocycles. The van der Waals surface area contributed by atoms with Crippen LogP contribution in [0.25, 0.3) is 11.1 Å². The van der Waals surface area contributed by atoms with Gasteiger partial charge >= 0.3 is 12.3 Å². The number of nitrogens with zero attached hydrogens (tertiary/aromatic N) is 3. The summed E-state index contributed by atoms with van der Waals surface area (Å²) in [4.78, 5) is 30.5. The van der Waals surface area contributed by atoms with Crippen LogP contribution in [-0.4, -0.2) is 77.9 Å². The average molecular weight is 722 g/mol. The van der Waals surface area contributed by atoms with Crippen LogP contribution in [0.15, 0.2) is 52.7 Å². The number of hydrogen-bond donors (Lipinski definition) is 1. The Morgan fingerprint density at radius 2 is 1.69 bits per heavy atom. The van der Waals surface area contributed by atoms with Crippen molar-refractivity contribution in [3.05, 3.63) is 69.7 Å². The van der Waals surface area contributed by atoms with Gasteiger partial charge in [0.15, 0.2) is 0 Å². The first kappa shape index (κ1) is 38.2. The molecule has 3 heterocycles. The van der Waals surface area contributed by atoms with E-state index < -0.39 is 29.3 Å². The molecular formula is C36H45F4N4O3S2+. The lowest BCUT2D eigenvalue weighted by Crippen LogP contribution is -2.58. The summed E-state index contributed by atoms with van der Waals surface area (Å²) in [5.74, 6) is 0.146. The van der Waals surface area contributed by atoms with Gasteiger partial charge in [0.2, 0.25) is 6.41 Å². The van der Waals surface area contributed by atoms with E-state index >= 15 is 13.2 Å². The molecule has 0 saturated carbocycles. The first-order chi connectivity index (χ1) is 23.1. The van der Waals surface area contributed by atoms with Gasteiger partial charge in [-0.15, -0.1) is 23.1 Å². The van der Waals surface area contributed by atoms with Crippen LogP contribution < -0.4 is 10.2 Å². The van der Waals surface area contributed by atoms with Gasteiger partial charge in [-0.25, -0.2) is 9.18 Å². The lowest BCUT2D eigenvalue weighted by atomic mass is 9.93. The van der Waals surface area contributed by atoms with Gasteiger partial charge in [0, 0.05) is 33.6 Å². The zero-order valence-electron chi connectivity index (χ0n) is 29.2. The van der Waals surface area contributed by atoms with Crippen molar-refractivity contribution in [3.63, 3.8) is 0 Å². The number of amides is 2. The number of thiophene rings is 1. The van der Waals surface area contributed by atoms with E-state index in [4.69, 9.17) is 4.74 Å². The smallest absolute Gasteiger partial charge is 0.417 e. The maximum absolute atomic E-state index is 15.1. The molecule has 0 radical (unpaired) electrons. The highest BCUT2D eigenvalue weighted by Gasteiger charge is 2.43. The van der Waals surface area contributed by atoms with Crippen LogP contribution in [0, 0.1) is 5.82 Å². The van der Waals surface area contributed by atoms with E-state index in [9.17, 15) is 14.0 Å². The van der Waals surface area contributed by atoms with Gasteiger partial charge in [-0.3, -0.25) is 19.6 Å². The molecule has 266 valence electrons. The third-order valence-electron chi connectivity index (χ3n) is 8.23. The Morgan fingerprint density at radius 1 is 1.06 bits per heavy atom. The summed E-state index contributed by atoms with van der Waals surface area (Å²) < 4.78 is 66.8. The molecule has 49 heavy (non-hydrogen) atoms. The number of ether oxygens (including phenoxy) is 1. The van der Waals surface area contributed by atoms with Crippen LogP contribution in [0.3, 0.4) is 0 Å². The molecule has 1 N–H and O–H groups in total. The average Bonchev–Trinajstić information content (AvgIpc) is 3.49. The topological polar surface area (TPSA) is 64.9 Å². The molecule has 0 aliphatic carbocycles. The third-order valence-corrected chi connectivity index (χ3v) is 10.5. The van der Waals surface area contributed by atoms with E-state index in [-0.39, 0.29) is 41.2 Å². The summed E-state index contributed by atoms with van der Waals surface area (Å²) >= 11 is 2.81. The fourth-order valence-electron chi connectivity index (χ4n) is 6.38. The molecular weight excluding hydrogens is 677 g/mol. The first-order valence-corrected chi connectivity index (χ1v) is 18.2. The van der Waals surface area contributed by atoms with E-state index in [1.54, 1.807) is 32.7 Å². The van der Waals surface area contributed by atoms with E-state index in [1.165, 1.54) is 40.1 Å². The Labute approximate surface area is 294 Å². The van der Waals surface area contributed by atoms with Gasteiger partial charge in [0.25, 0.3) is 5.84 Å². The molecule has 2 aliphatic rings. The number of carbonyl (C=O) groups excluding carboxylic acids is 2. The highest BCUT2D eigenvalue weighted by atomic mass is 32.2. The highest BCUT2D eigenvalue weighted by Crippen LogP contribution is 2.51. The number of nitrogens with one attached hydrogen (secondary N) is 1. The molecule has 3 unspecified atom stereocenters. The van der Waals surface area contributed by atoms with Crippen LogP contribution >= 0.6 is 23.1 Å². The fourth-order valence-corrected chi connectivity index (χ4v) is 8.70. The van der Waals surface area contributed by atoms with Gasteiger partial charge < -0.3 is 9.64 Å². The Balaban J connectivity index is 0.00000265. The molecule has 1 saturated heterocycles. The molecule has 13 heteroatoms. The number of fused-ring (bicyclic) bond motifs is 1. The van der Waals surface area contributed by atoms with Crippen LogP contribution in [0.5, 0.6) is 0 Å². The molecule has 5 rings (SSSR count). The largest absolute Gasteiger partial charge is 0.444 e. The third kappa shape index (κ3) is 8.42. The minimum Gasteiger partial charge on any atom is -0.444 e. The molecule has 1 aromatic heterocycles. The quantitative estimate of drug-likeness (QED) is 0.127. The summed E-state index contributed by atoms with van der Waals surface area (Å²) in [6.45, 7) is 14.0. The monoisotopic (exact) mass is 721 g/mol. The number of halogens is 4. The second-order valence-electron chi connectivity index (χ2n) is 12.9. The van der Waals surface area contributed by atoms with Crippen LogP contribution in [0.1, 0.15) is 70.4 Å². The van der Waals surface area contributed by atoms with Crippen LogP contribution in [0.4, 0.5) is 28.0 Å². The SMILES string of the molecule is CC.CNC(c1cc(C(F)(F)F)c(-c2ccc(F)cc2)c2c1N(C=O)CC(c1cccs1)CS2)=[N+]1CC(C)N(C(=O)OC(C)(C)C)C(C)C1. The number of carbonyl (C=O) groups is 2. The molecule has 1 fully saturated rings. The first-order valence-electron chi connectivity index (χ1n) is 16.4. The number of benzene rings is 2. The summed E-state index contributed by atoms with van der Waals surface area (Å²) in [5.41, 5.74) is -0.884. The molecule has 3 aromatic rings. The van der Waals surface area contributed by atoms with Gasteiger partial charge in [0.1, 0.15) is 24.5 Å². The Kier molecular flexibility index (Phi) is 12.1. The van der Waals surface area contributed by atoms with Crippen LogP contribution in [0.2, 0.25) is 0 Å². The predicted octanol–water partition coefficient (Wildman–Crippen LogP) is 8.46. The van der Waals surface area contributed by atoms with Crippen molar-refractivity contribution in [3.8, 4) is 11.1 Å². The number of amidine groups is 1. The van der Waals surface area contributed by atoms with Crippen LogP contribution in [-0.2, 0) is 15.7 Å². The van der Waals surface area contributed by atoms with E-state index in [1.807, 2.05) is 49.8 Å². The van der Waals surface area contributed by atoms with Gasteiger partial charge in [0.05, 0.1) is 35.9 Å². The van der Waals surface area contributed by atoms with Crippen molar-refractivity contribution in [1.82, 2.24) is 10.2 Å². The van der Waals surface area contributed by atoms with Crippen molar-refractivity contribution >= 4 is 47.1 Å². The number of alkyl halides is 3. The van der Waals surface area contributed by atoms with E-state index in [2.05, 4.69) is 5.32 Å². The van der Waals surface area contributed by atoms with Crippen molar-refractivity contribution in [2.75, 3.05) is 37.3 Å². The predicted molar refractivity (Wildman–Crippen MR) is 190 cm³/mol.